The van der Waals surface area contributed by atoms with Gasteiger partial charge in [0.15, 0.2) is 0 Å². The highest BCUT2D eigenvalue weighted by Crippen LogP contribution is 2.23. The van der Waals surface area contributed by atoms with Crippen LogP contribution in [0.5, 0.6) is 5.75 Å². The topological polar surface area (TPSA) is 52.3 Å². The Morgan fingerprint density at radius 1 is 1.39 bits per heavy atom. The highest BCUT2D eigenvalue weighted by Gasteiger charge is 2.08. The zero-order chi connectivity index (χ0) is 13.0. The minimum absolute atomic E-state index is 0.442. The minimum Gasteiger partial charge on any atom is -0.496 e. The molecular formula is C13H15NO2S2. The third kappa shape index (κ3) is 2.98. The van der Waals surface area contributed by atoms with Gasteiger partial charge in [0.05, 0.1) is 27.9 Å². The average molecular weight is 281 g/mol. The molecule has 2 rings (SSSR count). The predicted octanol–water partition coefficient (Wildman–Crippen LogP) is 2.52. The fourth-order valence-electron chi connectivity index (χ4n) is 1.66. The van der Waals surface area contributed by atoms with Crippen LogP contribution in [0.3, 0.4) is 0 Å². The van der Waals surface area contributed by atoms with Crippen LogP contribution in [-0.4, -0.2) is 11.3 Å². The first kappa shape index (κ1) is 13.3. The molecule has 2 aromatic rings. The summed E-state index contributed by atoms with van der Waals surface area (Å²) in [5.41, 5.74) is 7.57. The molecule has 1 atom stereocenters. The van der Waals surface area contributed by atoms with Crippen molar-refractivity contribution in [3.63, 3.8) is 0 Å². The molecule has 0 spiro atoms. The Labute approximate surface area is 113 Å². The molecule has 1 aromatic carbocycles. The van der Waals surface area contributed by atoms with Gasteiger partial charge in [-0.3, -0.25) is 4.21 Å². The highest BCUT2D eigenvalue weighted by molar-refractivity contribution is 7.86. The molecule has 0 aliphatic heterocycles. The second kappa shape index (κ2) is 6.13. The van der Waals surface area contributed by atoms with Crippen LogP contribution >= 0.6 is 11.3 Å². The molecule has 96 valence electrons. The molecule has 1 heterocycles. The Bertz CT molecular complexity index is 538. The normalized spacial score (nSPS) is 12.3. The second-order valence-electron chi connectivity index (χ2n) is 3.77. The lowest BCUT2D eigenvalue weighted by Gasteiger charge is -2.08. The Morgan fingerprint density at radius 2 is 2.22 bits per heavy atom. The first-order valence-corrected chi connectivity index (χ1v) is 7.72. The summed E-state index contributed by atoms with van der Waals surface area (Å²) in [5, 5.41) is 1.94. The van der Waals surface area contributed by atoms with E-state index in [0.717, 1.165) is 21.1 Å². The van der Waals surface area contributed by atoms with E-state index in [4.69, 9.17) is 10.5 Å². The van der Waals surface area contributed by atoms with Gasteiger partial charge in [-0.1, -0.05) is 18.2 Å². The number of rotatable bonds is 5. The van der Waals surface area contributed by atoms with Crippen LogP contribution in [0.15, 0.2) is 39.9 Å². The van der Waals surface area contributed by atoms with Crippen molar-refractivity contribution in [1.82, 2.24) is 0 Å². The van der Waals surface area contributed by atoms with Gasteiger partial charge >= 0.3 is 0 Å². The van der Waals surface area contributed by atoms with Gasteiger partial charge in [0, 0.05) is 12.1 Å². The summed E-state index contributed by atoms with van der Waals surface area (Å²) in [4.78, 5) is 0. The molecule has 1 unspecified atom stereocenters. The first-order chi connectivity index (χ1) is 8.74. The van der Waals surface area contributed by atoms with E-state index in [2.05, 4.69) is 0 Å². The first-order valence-electron chi connectivity index (χ1n) is 5.52. The van der Waals surface area contributed by atoms with Crippen LogP contribution in [0.2, 0.25) is 0 Å². The molecule has 0 bridgehead atoms. The molecule has 0 fully saturated rings. The van der Waals surface area contributed by atoms with Gasteiger partial charge in [0.2, 0.25) is 0 Å². The number of thiophene rings is 1. The Balaban J connectivity index is 2.17. The Kier molecular flexibility index (Phi) is 4.52. The van der Waals surface area contributed by atoms with E-state index < -0.39 is 10.8 Å². The molecule has 18 heavy (non-hydrogen) atoms. The molecule has 3 nitrogen and oxygen atoms in total. The van der Waals surface area contributed by atoms with Crippen LogP contribution in [0.1, 0.15) is 11.1 Å². The Hall–Kier alpha value is -1.17. The maximum absolute atomic E-state index is 12.1. The van der Waals surface area contributed by atoms with Gasteiger partial charge in [-0.2, -0.15) is 0 Å². The fourth-order valence-corrected chi connectivity index (χ4v) is 3.74. The van der Waals surface area contributed by atoms with E-state index >= 15 is 0 Å². The molecule has 0 saturated heterocycles. The summed E-state index contributed by atoms with van der Waals surface area (Å²) in [6.07, 6.45) is 0. The summed E-state index contributed by atoms with van der Waals surface area (Å²) in [7, 11) is 0.629. The van der Waals surface area contributed by atoms with E-state index in [-0.39, 0.29) is 0 Å². The van der Waals surface area contributed by atoms with Crippen LogP contribution in [0.4, 0.5) is 0 Å². The van der Waals surface area contributed by atoms with Crippen molar-refractivity contribution in [2.45, 2.75) is 16.5 Å². The maximum atomic E-state index is 12.1. The SMILES string of the molecule is COc1cc(CS(=O)c2cccs2)ccc1CN. The number of ether oxygens (including phenoxy) is 1. The predicted molar refractivity (Wildman–Crippen MR) is 75.3 cm³/mol. The van der Waals surface area contributed by atoms with Crippen molar-refractivity contribution in [1.29, 1.82) is 0 Å². The van der Waals surface area contributed by atoms with Gasteiger partial charge in [-0.15, -0.1) is 11.3 Å². The molecule has 5 heteroatoms. The van der Waals surface area contributed by atoms with Crippen molar-refractivity contribution in [3.8, 4) is 5.75 Å². The van der Waals surface area contributed by atoms with Crippen LogP contribution in [0, 0.1) is 0 Å². The summed E-state index contributed by atoms with van der Waals surface area (Å²) < 4.78 is 18.3. The van der Waals surface area contributed by atoms with Gasteiger partial charge in [-0.25, -0.2) is 0 Å². The van der Waals surface area contributed by atoms with Crippen molar-refractivity contribution in [3.05, 3.63) is 46.8 Å². The quantitative estimate of drug-likeness (QED) is 0.916. The van der Waals surface area contributed by atoms with Gasteiger partial charge in [0.1, 0.15) is 5.75 Å². The number of benzene rings is 1. The maximum Gasteiger partial charge on any atom is 0.123 e. The summed E-state index contributed by atoms with van der Waals surface area (Å²) >= 11 is 1.52. The van der Waals surface area contributed by atoms with Gasteiger partial charge in [-0.05, 0) is 23.1 Å². The van der Waals surface area contributed by atoms with Crippen molar-refractivity contribution >= 4 is 22.1 Å². The largest absolute Gasteiger partial charge is 0.496 e. The van der Waals surface area contributed by atoms with Crippen molar-refractivity contribution in [2.75, 3.05) is 7.11 Å². The molecule has 0 saturated carbocycles. The molecule has 2 N–H and O–H groups in total. The van der Waals surface area contributed by atoms with Crippen molar-refractivity contribution in [2.24, 2.45) is 5.73 Å². The standard InChI is InChI=1S/C13H15NO2S2/c1-16-12-7-10(4-5-11(12)8-14)9-18(15)13-3-2-6-17-13/h2-7H,8-9,14H2,1H3. The lowest BCUT2D eigenvalue weighted by atomic mass is 10.1. The van der Waals surface area contributed by atoms with E-state index in [0.29, 0.717) is 12.3 Å². The fraction of sp³-hybridized carbons (Fsp3) is 0.231. The average Bonchev–Trinajstić information content (AvgIpc) is 2.92. The molecule has 0 aliphatic carbocycles. The smallest absolute Gasteiger partial charge is 0.123 e. The van der Waals surface area contributed by atoms with Crippen LogP contribution in [0.25, 0.3) is 0 Å². The summed E-state index contributed by atoms with van der Waals surface area (Å²) in [6.45, 7) is 0.442. The molecular weight excluding hydrogens is 266 g/mol. The van der Waals surface area contributed by atoms with Crippen molar-refractivity contribution < 1.29 is 8.95 Å². The third-order valence-corrected chi connectivity index (χ3v) is 5.28. The lowest BCUT2D eigenvalue weighted by molar-refractivity contribution is 0.409. The highest BCUT2D eigenvalue weighted by atomic mass is 32.2. The van der Waals surface area contributed by atoms with E-state index in [1.165, 1.54) is 11.3 Å². The molecule has 1 aromatic heterocycles. The number of hydrogen-bond donors (Lipinski definition) is 1. The van der Waals surface area contributed by atoms with Crippen LogP contribution < -0.4 is 10.5 Å². The molecule has 0 radical (unpaired) electrons. The second-order valence-corrected chi connectivity index (χ2v) is 6.40. The Morgan fingerprint density at radius 3 is 2.83 bits per heavy atom. The number of methoxy groups -OCH3 is 1. The number of nitrogens with two attached hydrogens (primary N) is 1. The zero-order valence-corrected chi connectivity index (χ0v) is 11.7. The minimum atomic E-state index is -0.990. The number of hydrogen-bond acceptors (Lipinski definition) is 4. The summed E-state index contributed by atoms with van der Waals surface area (Å²) in [6, 6.07) is 9.60. The van der Waals surface area contributed by atoms with E-state index in [1.54, 1.807) is 7.11 Å². The zero-order valence-electron chi connectivity index (χ0n) is 10.1. The molecule has 0 amide bonds. The van der Waals surface area contributed by atoms with E-state index in [1.807, 2.05) is 35.7 Å². The van der Waals surface area contributed by atoms with Gasteiger partial charge in [0.25, 0.3) is 0 Å². The van der Waals surface area contributed by atoms with E-state index in [9.17, 15) is 4.21 Å². The lowest BCUT2D eigenvalue weighted by Crippen LogP contribution is -2.01. The monoisotopic (exact) mass is 281 g/mol. The third-order valence-electron chi connectivity index (χ3n) is 2.59. The molecule has 0 aliphatic rings. The van der Waals surface area contributed by atoms with Gasteiger partial charge < -0.3 is 10.5 Å². The summed E-state index contributed by atoms with van der Waals surface area (Å²) in [5.74, 6) is 1.26. The van der Waals surface area contributed by atoms with Crippen LogP contribution in [-0.2, 0) is 23.1 Å².